The van der Waals surface area contributed by atoms with Crippen molar-refractivity contribution in [3.8, 4) is 5.75 Å². The summed E-state index contributed by atoms with van der Waals surface area (Å²) in [6, 6.07) is 9.13. The zero-order chi connectivity index (χ0) is 15.4. The van der Waals surface area contributed by atoms with Crippen molar-refractivity contribution in [3.05, 3.63) is 58.9 Å². The lowest BCUT2D eigenvalue weighted by molar-refractivity contribution is 0.0600. The number of methoxy groups -OCH3 is 1. The van der Waals surface area contributed by atoms with E-state index < -0.39 is 5.97 Å². The molecule has 0 aromatic heterocycles. The molecule has 0 unspecified atom stereocenters. The van der Waals surface area contributed by atoms with E-state index in [0.717, 1.165) is 11.1 Å². The fourth-order valence-corrected chi connectivity index (χ4v) is 1.86. The number of hydrogen-bond acceptors (Lipinski definition) is 4. The van der Waals surface area contributed by atoms with Crippen molar-refractivity contribution < 1.29 is 18.7 Å². The third-order valence-corrected chi connectivity index (χ3v) is 3.13. The molecule has 110 valence electrons. The third-order valence-electron chi connectivity index (χ3n) is 3.13. The molecular formula is C16H16FNO3. The second-order valence-electron chi connectivity index (χ2n) is 4.60. The molecule has 2 aromatic carbocycles. The van der Waals surface area contributed by atoms with Gasteiger partial charge >= 0.3 is 5.97 Å². The molecule has 2 rings (SSSR count). The van der Waals surface area contributed by atoms with Crippen LogP contribution in [0.1, 0.15) is 21.5 Å². The van der Waals surface area contributed by atoms with Gasteiger partial charge in [0.05, 0.1) is 18.4 Å². The first-order valence-corrected chi connectivity index (χ1v) is 6.37. The maximum Gasteiger partial charge on any atom is 0.337 e. The molecule has 21 heavy (non-hydrogen) atoms. The summed E-state index contributed by atoms with van der Waals surface area (Å²) < 4.78 is 23.5. The number of benzene rings is 2. The zero-order valence-corrected chi connectivity index (χ0v) is 11.9. The largest absolute Gasteiger partial charge is 0.487 e. The summed E-state index contributed by atoms with van der Waals surface area (Å²) in [6.45, 7) is 2.03. The van der Waals surface area contributed by atoms with Gasteiger partial charge in [0.15, 0.2) is 0 Å². The number of aryl methyl sites for hydroxylation is 1. The van der Waals surface area contributed by atoms with Crippen molar-refractivity contribution >= 4 is 11.7 Å². The maximum atomic E-state index is 13.2. The van der Waals surface area contributed by atoms with Gasteiger partial charge in [0.25, 0.3) is 0 Å². The van der Waals surface area contributed by atoms with Gasteiger partial charge in [0.1, 0.15) is 18.2 Å². The van der Waals surface area contributed by atoms with E-state index in [1.807, 2.05) is 6.92 Å². The molecule has 2 N–H and O–H groups in total. The van der Waals surface area contributed by atoms with Crippen LogP contribution in [0.25, 0.3) is 0 Å². The van der Waals surface area contributed by atoms with Gasteiger partial charge in [-0.15, -0.1) is 0 Å². The summed E-state index contributed by atoms with van der Waals surface area (Å²) in [5.41, 5.74) is 8.19. The van der Waals surface area contributed by atoms with Crippen LogP contribution in [0.4, 0.5) is 10.1 Å². The molecule has 0 aliphatic rings. The SMILES string of the molecule is COC(=O)c1ccc(N)c(OCc2cc(F)ccc2C)c1. The van der Waals surface area contributed by atoms with Crippen LogP contribution in [0.15, 0.2) is 36.4 Å². The van der Waals surface area contributed by atoms with E-state index in [9.17, 15) is 9.18 Å². The Kier molecular flexibility index (Phi) is 4.42. The molecule has 5 heteroatoms. The fourth-order valence-electron chi connectivity index (χ4n) is 1.86. The van der Waals surface area contributed by atoms with E-state index in [4.69, 9.17) is 10.5 Å². The van der Waals surface area contributed by atoms with Crippen molar-refractivity contribution in [2.45, 2.75) is 13.5 Å². The number of nitrogen functional groups attached to an aromatic ring is 1. The summed E-state index contributed by atoms with van der Waals surface area (Å²) >= 11 is 0. The lowest BCUT2D eigenvalue weighted by atomic mass is 10.1. The maximum absolute atomic E-state index is 13.2. The van der Waals surface area contributed by atoms with Crippen molar-refractivity contribution in [2.75, 3.05) is 12.8 Å². The van der Waals surface area contributed by atoms with Crippen LogP contribution >= 0.6 is 0 Å². The highest BCUT2D eigenvalue weighted by Crippen LogP contribution is 2.25. The number of halogens is 1. The Hall–Kier alpha value is -2.56. The first kappa shape index (κ1) is 14.8. The average Bonchev–Trinajstić information content (AvgIpc) is 2.48. The Morgan fingerprint density at radius 2 is 2.00 bits per heavy atom. The molecule has 0 aliphatic heterocycles. The predicted octanol–water partition coefficient (Wildman–Crippen LogP) is 3.08. The number of hydrogen-bond donors (Lipinski definition) is 1. The topological polar surface area (TPSA) is 61.5 Å². The summed E-state index contributed by atoms with van der Waals surface area (Å²) in [6.07, 6.45) is 0. The van der Waals surface area contributed by atoms with Gasteiger partial charge < -0.3 is 15.2 Å². The standard InChI is InChI=1S/C16H16FNO3/c1-10-3-5-13(17)7-12(10)9-21-15-8-11(16(19)20-2)4-6-14(15)18/h3-8H,9,18H2,1-2H3. The first-order chi connectivity index (χ1) is 10.0. The zero-order valence-electron chi connectivity index (χ0n) is 11.9. The second kappa shape index (κ2) is 6.26. The highest BCUT2D eigenvalue weighted by Gasteiger charge is 2.10. The Bertz CT molecular complexity index is 671. The smallest absolute Gasteiger partial charge is 0.337 e. The Morgan fingerprint density at radius 1 is 1.24 bits per heavy atom. The number of rotatable bonds is 4. The van der Waals surface area contributed by atoms with Crippen LogP contribution in [0.5, 0.6) is 5.75 Å². The number of carbonyl (C=O) groups excluding carboxylic acids is 1. The monoisotopic (exact) mass is 289 g/mol. The van der Waals surface area contributed by atoms with Crippen LogP contribution in [-0.2, 0) is 11.3 Å². The number of carbonyl (C=O) groups is 1. The van der Waals surface area contributed by atoms with Gasteiger partial charge in [-0.05, 0) is 48.4 Å². The quantitative estimate of drug-likeness (QED) is 0.694. The van der Waals surface area contributed by atoms with Crippen LogP contribution < -0.4 is 10.5 Å². The minimum Gasteiger partial charge on any atom is -0.487 e. The van der Waals surface area contributed by atoms with E-state index in [1.165, 1.54) is 25.3 Å². The molecule has 0 aliphatic carbocycles. The van der Waals surface area contributed by atoms with Gasteiger partial charge in [-0.2, -0.15) is 0 Å². The van der Waals surface area contributed by atoms with Gasteiger partial charge in [0, 0.05) is 0 Å². The molecule has 0 spiro atoms. The van der Waals surface area contributed by atoms with E-state index >= 15 is 0 Å². The lowest BCUT2D eigenvalue weighted by Gasteiger charge is -2.12. The van der Waals surface area contributed by atoms with E-state index in [0.29, 0.717) is 17.0 Å². The molecule has 0 radical (unpaired) electrons. The van der Waals surface area contributed by atoms with Crippen molar-refractivity contribution in [1.82, 2.24) is 0 Å². The fraction of sp³-hybridized carbons (Fsp3) is 0.188. The third kappa shape index (κ3) is 3.51. The lowest BCUT2D eigenvalue weighted by Crippen LogP contribution is -2.05. The van der Waals surface area contributed by atoms with Crippen molar-refractivity contribution in [1.29, 1.82) is 0 Å². The highest BCUT2D eigenvalue weighted by molar-refractivity contribution is 5.90. The normalized spacial score (nSPS) is 10.2. The summed E-state index contributed by atoms with van der Waals surface area (Å²) in [5, 5.41) is 0. The van der Waals surface area contributed by atoms with E-state index in [2.05, 4.69) is 4.74 Å². The van der Waals surface area contributed by atoms with Gasteiger partial charge in [-0.25, -0.2) is 9.18 Å². The molecule has 4 nitrogen and oxygen atoms in total. The summed E-state index contributed by atoms with van der Waals surface area (Å²) in [4.78, 5) is 11.5. The molecule has 2 aromatic rings. The Morgan fingerprint density at radius 3 is 2.71 bits per heavy atom. The van der Waals surface area contributed by atoms with Crippen molar-refractivity contribution in [2.24, 2.45) is 0 Å². The first-order valence-electron chi connectivity index (χ1n) is 6.37. The van der Waals surface area contributed by atoms with E-state index in [-0.39, 0.29) is 12.4 Å². The molecule has 0 saturated carbocycles. The molecule has 0 heterocycles. The molecule has 0 fully saturated rings. The number of anilines is 1. The van der Waals surface area contributed by atoms with Crippen LogP contribution in [0.2, 0.25) is 0 Å². The molecule has 0 saturated heterocycles. The van der Waals surface area contributed by atoms with Crippen LogP contribution in [0.3, 0.4) is 0 Å². The number of ether oxygens (including phenoxy) is 2. The van der Waals surface area contributed by atoms with E-state index in [1.54, 1.807) is 18.2 Å². The highest BCUT2D eigenvalue weighted by atomic mass is 19.1. The van der Waals surface area contributed by atoms with Gasteiger partial charge in [-0.1, -0.05) is 6.07 Å². The Labute approximate surface area is 122 Å². The Balaban J connectivity index is 2.19. The van der Waals surface area contributed by atoms with Gasteiger partial charge in [-0.3, -0.25) is 0 Å². The predicted molar refractivity (Wildman–Crippen MR) is 77.7 cm³/mol. The molecule has 0 bridgehead atoms. The minimum absolute atomic E-state index is 0.165. The second-order valence-corrected chi connectivity index (χ2v) is 4.60. The number of esters is 1. The summed E-state index contributed by atoms with van der Waals surface area (Å²) in [7, 11) is 1.30. The number of nitrogens with two attached hydrogens (primary N) is 1. The summed E-state index contributed by atoms with van der Waals surface area (Å²) in [5.74, 6) is -0.432. The van der Waals surface area contributed by atoms with Crippen molar-refractivity contribution in [3.63, 3.8) is 0 Å². The van der Waals surface area contributed by atoms with Crippen LogP contribution in [-0.4, -0.2) is 13.1 Å². The molecule has 0 atom stereocenters. The molecular weight excluding hydrogens is 273 g/mol. The molecule has 0 amide bonds. The minimum atomic E-state index is -0.471. The average molecular weight is 289 g/mol. The van der Waals surface area contributed by atoms with Gasteiger partial charge in [0.2, 0.25) is 0 Å². The van der Waals surface area contributed by atoms with Crippen LogP contribution in [0, 0.1) is 12.7 Å².